The van der Waals surface area contributed by atoms with Crippen molar-refractivity contribution in [2.24, 2.45) is 0 Å². The van der Waals surface area contributed by atoms with Crippen molar-refractivity contribution < 1.29 is 13.9 Å². The molecule has 0 heterocycles. The molecular formula is C15H15FN2O2. The molecule has 0 aliphatic heterocycles. The van der Waals surface area contributed by atoms with Gasteiger partial charge in [0.25, 0.3) is 5.91 Å². The van der Waals surface area contributed by atoms with Gasteiger partial charge >= 0.3 is 0 Å². The van der Waals surface area contributed by atoms with Crippen molar-refractivity contribution in [3.63, 3.8) is 0 Å². The molecule has 0 atom stereocenters. The summed E-state index contributed by atoms with van der Waals surface area (Å²) >= 11 is 0. The van der Waals surface area contributed by atoms with Crippen LogP contribution in [0.5, 0.6) is 5.75 Å². The summed E-state index contributed by atoms with van der Waals surface area (Å²) in [7, 11) is 3.19. The van der Waals surface area contributed by atoms with Crippen LogP contribution in [0.2, 0.25) is 0 Å². The van der Waals surface area contributed by atoms with Crippen LogP contribution in [0.15, 0.2) is 42.5 Å². The second-order valence-electron chi connectivity index (χ2n) is 4.34. The van der Waals surface area contributed by atoms with Gasteiger partial charge in [0.15, 0.2) is 0 Å². The van der Waals surface area contributed by atoms with Crippen molar-refractivity contribution in [2.45, 2.75) is 0 Å². The van der Waals surface area contributed by atoms with Gasteiger partial charge in [0.2, 0.25) is 0 Å². The third kappa shape index (κ3) is 2.88. The highest BCUT2D eigenvalue weighted by Crippen LogP contribution is 2.21. The predicted octanol–water partition coefficient (Wildman–Crippen LogP) is 2.69. The summed E-state index contributed by atoms with van der Waals surface area (Å²) in [5.74, 6) is -0.164. The van der Waals surface area contributed by atoms with Gasteiger partial charge < -0.3 is 15.4 Å². The number of anilines is 2. The lowest BCUT2D eigenvalue weighted by Crippen LogP contribution is -2.26. The summed E-state index contributed by atoms with van der Waals surface area (Å²) < 4.78 is 18.3. The molecule has 2 rings (SSSR count). The van der Waals surface area contributed by atoms with Gasteiger partial charge in [0.1, 0.15) is 11.6 Å². The third-order valence-electron chi connectivity index (χ3n) is 2.93. The van der Waals surface area contributed by atoms with Crippen LogP contribution in [0, 0.1) is 5.82 Å². The summed E-state index contributed by atoms with van der Waals surface area (Å²) in [6.45, 7) is 0. The number of rotatable bonds is 3. The molecule has 2 aromatic carbocycles. The van der Waals surface area contributed by atoms with Gasteiger partial charge in [0.05, 0.1) is 7.11 Å². The van der Waals surface area contributed by atoms with Crippen molar-refractivity contribution in [3.8, 4) is 5.75 Å². The molecule has 0 aliphatic carbocycles. The number of methoxy groups -OCH3 is 1. The van der Waals surface area contributed by atoms with E-state index in [2.05, 4.69) is 0 Å². The molecule has 0 spiro atoms. The van der Waals surface area contributed by atoms with Crippen LogP contribution in [0.3, 0.4) is 0 Å². The minimum Gasteiger partial charge on any atom is -0.497 e. The minimum absolute atomic E-state index is 0.209. The fourth-order valence-corrected chi connectivity index (χ4v) is 1.85. The molecule has 1 amide bonds. The van der Waals surface area contributed by atoms with Gasteiger partial charge in [-0.25, -0.2) is 4.39 Å². The van der Waals surface area contributed by atoms with Gasteiger partial charge in [-0.1, -0.05) is 0 Å². The Morgan fingerprint density at radius 2 is 1.85 bits per heavy atom. The van der Waals surface area contributed by atoms with E-state index in [0.29, 0.717) is 11.4 Å². The maximum absolute atomic E-state index is 13.3. The summed E-state index contributed by atoms with van der Waals surface area (Å²) in [5.41, 5.74) is 6.65. The smallest absolute Gasteiger partial charge is 0.258 e. The second kappa shape index (κ2) is 5.61. The van der Waals surface area contributed by atoms with E-state index in [0.717, 1.165) is 0 Å². The number of ether oxygens (including phenoxy) is 1. The van der Waals surface area contributed by atoms with Gasteiger partial charge in [-0.3, -0.25) is 4.79 Å². The molecule has 20 heavy (non-hydrogen) atoms. The standard InChI is InChI=1S/C15H15FN2O2/c1-18(13-3-5-14(20-2)6-4-13)15(19)10-7-11(16)9-12(17)8-10/h3-9H,17H2,1-2H3. The Bertz CT molecular complexity index is 606. The Kier molecular flexibility index (Phi) is 3.89. The van der Waals surface area contributed by atoms with Crippen LogP contribution in [-0.4, -0.2) is 20.1 Å². The Morgan fingerprint density at radius 1 is 1.20 bits per heavy atom. The molecule has 5 heteroatoms. The van der Waals surface area contributed by atoms with E-state index in [-0.39, 0.29) is 17.2 Å². The van der Waals surface area contributed by atoms with Gasteiger partial charge in [-0.05, 0) is 42.5 Å². The Balaban J connectivity index is 2.27. The first-order valence-corrected chi connectivity index (χ1v) is 5.99. The Hall–Kier alpha value is -2.56. The maximum atomic E-state index is 13.3. The number of nitrogens with two attached hydrogens (primary N) is 1. The number of benzene rings is 2. The first kappa shape index (κ1) is 13.9. The Morgan fingerprint density at radius 3 is 2.40 bits per heavy atom. The highest BCUT2D eigenvalue weighted by molar-refractivity contribution is 6.06. The number of carbonyl (C=O) groups is 1. The molecule has 0 saturated carbocycles. The number of hydrogen-bond donors (Lipinski definition) is 1. The number of nitrogens with zero attached hydrogens (tertiary/aromatic N) is 1. The lowest BCUT2D eigenvalue weighted by Gasteiger charge is -2.18. The minimum atomic E-state index is -0.531. The van der Waals surface area contributed by atoms with Crippen molar-refractivity contribution >= 4 is 17.3 Å². The van der Waals surface area contributed by atoms with Gasteiger partial charge in [0, 0.05) is 24.0 Å². The van der Waals surface area contributed by atoms with Crippen LogP contribution in [0.1, 0.15) is 10.4 Å². The van der Waals surface area contributed by atoms with Crippen molar-refractivity contribution in [1.29, 1.82) is 0 Å². The fraction of sp³-hybridized carbons (Fsp3) is 0.133. The zero-order valence-corrected chi connectivity index (χ0v) is 11.3. The highest BCUT2D eigenvalue weighted by atomic mass is 19.1. The van der Waals surface area contributed by atoms with E-state index in [1.54, 1.807) is 38.4 Å². The molecule has 2 N–H and O–H groups in total. The molecule has 0 unspecified atom stereocenters. The van der Waals surface area contributed by atoms with Gasteiger partial charge in [-0.15, -0.1) is 0 Å². The lowest BCUT2D eigenvalue weighted by atomic mass is 10.1. The van der Waals surface area contributed by atoms with Crippen molar-refractivity contribution in [1.82, 2.24) is 0 Å². The van der Waals surface area contributed by atoms with E-state index < -0.39 is 5.82 Å². The van der Waals surface area contributed by atoms with Crippen LogP contribution in [0.4, 0.5) is 15.8 Å². The zero-order chi connectivity index (χ0) is 14.7. The van der Waals surface area contributed by atoms with E-state index in [1.165, 1.54) is 23.1 Å². The predicted molar refractivity (Wildman–Crippen MR) is 76.5 cm³/mol. The average Bonchev–Trinajstić information content (AvgIpc) is 2.45. The topological polar surface area (TPSA) is 55.6 Å². The number of amides is 1. The first-order chi connectivity index (χ1) is 9.51. The summed E-state index contributed by atoms with van der Waals surface area (Å²) in [5, 5.41) is 0. The summed E-state index contributed by atoms with van der Waals surface area (Å²) in [6.07, 6.45) is 0. The second-order valence-corrected chi connectivity index (χ2v) is 4.34. The monoisotopic (exact) mass is 274 g/mol. The van der Waals surface area contributed by atoms with Crippen molar-refractivity contribution in [3.05, 3.63) is 53.8 Å². The zero-order valence-electron chi connectivity index (χ0n) is 11.3. The van der Waals surface area contributed by atoms with Crippen molar-refractivity contribution in [2.75, 3.05) is 24.8 Å². The van der Waals surface area contributed by atoms with Crippen LogP contribution in [-0.2, 0) is 0 Å². The summed E-state index contributed by atoms with van der Waals surface area (Å²) in [4.78, 5) is 13.7. The molecular weight excluding hydrogens is 259 g/mol. The SMILES string of the molecule is COc1ccc(N(C)C(=O)c2cc(N)cc(F)c2)cc1. The largest absolute Gasteiger partial charge is 0.497 e. The fourth-order valence-electron chi connectivity index (χ4n) is 1.85. The molecule has 2 aromatic rings. The third-order valence-corrected chi connectivity index (χ3v) is 2.93. The molecule has 0 saturated heterocycles. The summed E-state index contributed by atoms with van der Waals surface area (Å²) in [6, 6.07) is 10.8. The van der Waals surface area contributed by atoms with E-state index in [9.17, 15) is 9.18 Å². The number of carbonyl (C=O) groups excluding carboxylic acids is 1. The maximum Gasteiger partial charge on any atom is 0.258 e. The number of nitrogen functional groups attached to an aromatic ring is 1. The molecule has 0 aromatic heterocycles. The molecule has 0 radical (unpaired) electrons. The number of hydrogen-bond acceptors (Lipinski definition) is 3. The van der Waals surface area contributed by atoms with Gasteiger partial charge in [-0.2, -0.15) is 0 Å². The van der Waals surface area contributed by atoms with Crippen LogP contribution < -0.4 is 15.4 Å². The van der Waals surface area contributed by atoms with Crippen LogP contribution in [0.25, 0.3) is 0 Å². The molecule has 104 valence electrons. The molecule has 0 aliphatic rings. The Labute approximate surface area is 116 Å². The molecule has 4 nitrogen and oxygen atoms in total. The number of halogens is 1. The van der Waals surface area contributed by atoms with E-state index in [4.69, 9.17) is 10.5 Å². The quantitative estimate of drug-likeness (QED) is 0.875. The van der Waals surface area contributed by atoms with Crippen LogP contribution >= 0.6 is 0 Å². The average molecular weight is 274 g/mol. The van der Waals surface area contributed by atoms with E-state index >= 15 is 0 Å². The van der Waals surface area contributed by atoms with E-state index in [1.807, 2.05) is 0 Å². The normalized spacial score (nSPS) is 10.2. The molecule has 0 bridgehead atoms. The highest BCUT2D eigenvalue weighted by Gasteiger charge is 2.15. The first-order valence-electron chi connectivity index (χ1n) is 5.99. The lowest BCUT2D eigenvalue weighted by molar-refractivity contribution is 0.0992. The molecule has 0 fully saturated rings.